The summed E-state index contributed by atoms with van der Waals surface area (Å²) in [5.74, 6) is -1.16. The molecule has 1 fully saturated rings. The van der Waals surface area contributed by atoms with Crippen LogP contribution in [0.25, 0.3) is 5.69 Å². The summed E-state index contributed by atoms with van der Waals surface area (Å²) in [6, 6.07) is 9.28. The van der Waals surface area contributed by atoms with Crippen LogP contribution in [0.15, 0.2) is 36.5 Å². The van der Waals surface area contributed by atoms with E-state index in [9.17, 15) is 14.7 Å². The number of amides is 1. The summed E-state index contributed by atoms with van der Waals surface area (Å²) in [7, 11) is 1.49. The summed E-state index contributed by atoms with van der Waals surface area (Å²) < 4.78 is 6.87. The van der Waals surface area contributed by atoms with Gasteiger partial charge in [-0.25, -0.2) is 4.68 Å². The maximum Gasteiger partial charge on any atom is 0.306 e. The average molecular weight is 343 g/mol. The number of aromatic nitrogens is 2. The third-order valence-electron chi connectivity index (χ3n) is 4.50. The largest absolute Gasteiger partial charge is 0.493 e. The topological polar surface area (TPSA) is 93.5 Å². The number of carbonyl (C=O) groups is 2. The van der Waals surface area contributed by atoms with Gasteiger partial charge in [0.25, 0.3) is 5.91 Å². The first-order valence-electron chi connectivity index (χ1n) is 8.31. The maximum atomic E-state index is 12.6. The lowest BCUT2D eigenvalue weighted by Crippen LogP contribution is -2.40. The lowest BCUT2D eigenvalue weighted by Gasteiger charge is -2.27. The van der Waals surface area contributed by atoms with E-state index in [2.05, 4.69) is 10.4 Å². The van der Waals surface area contributed by atoms with Crippen LogP contribution in [0.5, 0.6) is 5.75 Å². The molecule has 2 aromatic rings. The zero-order chi connectivity index (χ0) is 17.8. The predicted molar refractivity (Wildman–Crippen MR) is 91.0 cm³/mol. The van der Waals surface area contributed by atoms with Gasteiger partial charge in [-0.15, -0.1) is 0 Å². The molecule has 2 atom stereocenters. The minimum absolute atomic E-state index is 0.158. The summed E-state index contributed by atoms with van der Waals surface area (Å²) in [4.78, 5) is 23.8. The molecule has 7 nitrogen and oxygen atoms in total. The number of para-hydroxylation sites is 1. The molecule has 1 aliphatic carbocycles. The van der Waals surface area contributed by atoms with E-state index in [1.165, 1.54) is 7.11 Å². The lowest BCUT2D eigenvalue weighted by molar-refractivity contribution is -0.143. The minimum atomic E-state index is -0.801. The number of rotatable bonds is 5. The summed E-state index contributed by atoms with van der Waals surface area (Å²) in [6.07, 6.45) is 4.33. The van der Waals surface area contributed by atoms with Crippen LogP contribution in [0, 0.1) is 5.92 Å². The van der Waals surface area contributed by atoms with Crippen molar-refractivity contribution in [2.24, 2.45) is 5.92 Å². The van der Waals surface area contributed by atoms with Gasteiger partial charge in [0.1, 0.15) is 0 Å². The minimum Gasteiger partial charge on any atom is -0.493 e. The van der Waals surface area contributed by atoms with E-state index in [-0.39, 0.29) is 17.6 Å². The van der Waals surface area contributed by atoms with Crippen molar-refractivity contribution in [1.29, 1.82) is 0 Å². The second-order valence-electron chi connectivity index (χ2n) is 6.20. The fraction of sp³-hybridized carbons (Fsp3) is 0.389. The van der Waals surface area contributed by atoms with Crippen LogP contribution in [0.4, 0.5) is 0 Å². The average Bonchev–Trinajstić information content (AvgIpc) is 3.07. The molecule has 0 saturated heterocycles. The number of nitrogens with one attached hydrogen (secondary N) is 1. The monoisotopic (exact) mass is 343 g/mol. The zero-order valence-corrected chi connectivity index (χ0v) is 14.0. The molecule has 25 heavy (non-hydrogen) atoms. The zero-order valence-electron chi connectivity index (χ0n) is 14.0. The Bertz CT molecular complexity index is 757. The second kappa shape index (κ2) is 7.38. The first-order valence-corrected chi connectivity index (χ1v) is 8.31. The number of carboxylic acid groups (broad SMARTS) is 1. The lowest BCUT2D eigenvalue weighted by atomic mass is 9.86. The van der Waals surface area contributed by atoms with E-state index in [1.54, 1.807) is 10.9 Å². The molecule has 0 spiro atoms. The van der Waals surface area contributed by atoms with Gasteiger partial charge >= 0.3 is 5.97 Å². The first-order chi connectivity index (χ1) is 12.1. The number of carbonyl (C=O) groups excluding carboxylic acids is 1. The molecule has 0 bridgehead atoms. The number of methoxy groups -OCH3 is 1. The SMILES string of the molecule is COc1cn(-c2ccccc2)nc1C(=O)N[C@H]1CCC[C@H](C(=O)O)C1. The highest BCUT2D eigenvalue weighted by Gasteiger charge is 2.29. The smallest absolute Gasteiger partial charge is 0.306 e. The van der Waals surface area contributed by atoms with Crippen LogP contribution in [-0.2, 0) is 4.79 Å². The highest BCUT2D eigenvalue weighted by molar-refractivity contribution is 5.95. The van der Waals surface area contributed by atoms with Gasteiger partial charge in [0.2, 0.25) is 0 Å². The van der Waals surface area contributed by atoms with Gasteiger partial charge in [-0.3, -0.25) is 9.59 Å². The molecule has 1 amide bonds. The van der Waals surface area contributed by atoms with Crippen LogP contribution in [0.2, 0.25) is 0 Å². The molecule has 7 heteroatoms. The molecule has 1 saturated carbocycles. The fourth-order valence-electron chi connectivity index (χ4n) is 3.18. The highest BCUT2D eigenvalue weighted by atomic mass is 16.5. The quantitative estimate of drug-likeness (QED) is 0.868. The van der Waals surface area contributed by atoms with Gasteiger partial charge in [0.05, 0.1) is 24.9 Å². The number of benzene rings is 1. The van der Waals surface area contributed by atoms with Crippen molar-refractivity contribution in [2.45, 2.75) is 31.7 Å². The van der Waals surface area contributed by atoms with Crippen LogP contribution in [0.1, 0.15) is 36.2 Å². The van der Waals surface area contributed by atoms with E-state index in [4.69, 9.17) is 4.74 Å². The van der Waals surface area contributed by atoms with E-state index in [1.807, 2.05) is 30.3 Å². The van der Waals surface area contributed by atoms with Gasteiger partial charge in [0, 0.05) is 6.04 Å². The van der Waals surface area contributed by atoms with Crippen molar-refractivity contribution >= 4 is 11.9 Å². The molecule has 1 heterocycles. The van der Waals surface area contributed by atoms with Crippen LogP contribution in [-0.4, -0.2) is 39.9 Å². The first kappa shape index (κ1) is 17.0. The third-order valence-corrected chi connectivity index (χ3v) is 4.50. The van der Waals surface area contributed by atoms with Gasteiger partial charge in [-0.2, -0.15) is 5.10 Å². The molecule has 0 aliphatic heterocycles. The van der Waals surface area contributed by atoms with Crippen molar-refractivity contribution in [3.63, 3.8) is 0 Å². The summed E-state index contributed by atoms with van der Waals surface area (Å²) in [5, 5.41) is 16.4. The number of nitrogens with zero attached hydrogens (tertiary/aromatic N) is 2. The normalized spacial score (nSPS) is 20.0. The number of ether oxygens (including phenoxy) is 1. The molecule has 1 aliphatic rings. The number of hydrogen-bond donors (Lipinski definition) is 2. The van der Waals surface area contributed by atoms with E-state index >= 15 is 0 Å². The molecular weight excluding hydrogens is 322 g/mol. The molecular formula is C18H21N3O4. The molecule has 0 radical (unpaired) electrons. The van der Waals surface area contributed by atoms with Gasteiger partial charge < -0.3 is 15.2 Å². The summed E-state index contributed by atoms with van der Waals surface area (Å²) in [6.45, 7) is 0. The number of hydrogen-bond acceptors (Lipinski definition) is 4. The van der Waals surface area contributed by atoms with Gasteiger partial charge in [-0.1, -0.05) is 24.6 Å². The second-order valence-corrected chi connectivity index (χ2v) is 6.20. The van der Waals surface area contributed by atoms with Crippen LogP contribution < -0.4 is 10.1 Å². The Morgan fingerprint density at radius 2 is 2.04 bits per heavy atom. The molecule has 2 N–H and O–H groups in total. The van der Waals surface area contributed by atoms with Crippen molar-refractivity contribution in [3.05, 3.63) is 42.2 Å². The van der Waals surface area contributed by atoms with Gasteiger partial charge in [-0.05, 0) is 31.4 Å². The Balaban J connectivity index is 1.75. The standard InChI is InChI=1S/C18H21N3O4/c1-25-15-11-21(14-8-3-2-4-9-14)20-16(15)17(22)19-13-7-5-6-12(10-13)18(23)24/h2-4,8-9,11-13H,5-7,10H2,1H3,(H,19,22)(H,23,24)/t12-,13-/m0/s1. The third kappa shape index (κ3) is 3.81. The molecule has 0 unspecified atom stereocenters. The van der Waals surface area contributed by atoms with Crippen molar-refractivity contribution < 1.29 is 19.4 Å². The fourth-order valence-corrected chi connectivity index (χ4v) is 3.18. The molecule has 3 rings (SSSR count). The van der Waals surface area contributed by atoms with Crippen LogP contribution >= 0.6 is 0 Å². The Morgan fingerprint density at radius 3 is 2.72 bits per heavy atom. The van der Waals surface area contributed by atoms with Gasteiger partial charge in [0.15, 0.2) is 11.4 Å². The predicted octanol–water partition coefficient (Wildman–Crippen LogP) is 2.25. The Labute approximate surface area is 145 Å². The van der Waals surface area contributed by atoms with E-state index < -0.39 is 11.9 Å². The van der Waals surface area contributed by atoms with Crippen LogP contribution in [0.3, 0.4) is 0 Å². The number of carboxylic acids is 1. The van der Waals surface area contributed by atoms with E-state index in [0.29, 0.717) is 18.6 Å². The summed E-state index contributed by atoms with van der Waals surface area (Å²) >= 11 is 0. The molecule has 1 aromatic heterocycles. The Morgan fingerprint density at radius 1 is 1.28 bits per heavy atom. The highest BCUT2D eigenvalue weighted by Crippen LogP contribution is 2.25. The molecule has 132 valence electrons. The molecule has 1 aromatic carbocycles. The number of aliphatic carboxylic acids is 1. The Kier molecular flexibility index (Phi) is 5.02. The van der Waals surface area contributed by atoms with Crippen molar-refractivity contribution in [2.75, 3.05) is 7.11 Å². The van der Waals surface area contributed by atoms with Crippen molar-refractivity contribution in [1.82, 2.24) is 15.1 Å². The van der Waals surface area contributed by atoms with E-state index in [0.717, 1.165) is 18.5 Å². The van der Waals surface area contributed by atoms with Crippen molar-refractivity contribution in [3.8, 4) is 11.4 Å². The Hall–Kier alpha value is -2.83. The summed E-state index contributed by atoms with van der Waals surface area (Å²) in [5.41, 5.74) is 1.02. The maximum absolute atomic E-state index is 12.6.